The van der Waals surface area contributed by atoms with Gasteiger partial charge in [0.15, 0.2) is 6.17 Å². The van der Waals surface area contributed by atoms with Crippen molar-refractivity contribution in [2.75, 3.05) is 6.61 Å². The Balaban J connectivity index is 0.000001000. The first kappa shape index (κ1) is 11.1. The molecule has 0 aromatic heterocycles. The maximum Gasteiger partial charge on any atom is 0.177 e. The third kappa shape index (κ3) is 2.02. The Bertz CT molecular complexity index is 127. The van der Waals surface area contributed by atoms with Gasteiger partial charge in [0.05, 0.1) is 6.10 Å². The van der Waals surface area contributed by atoms with Crippen LogP contribution in [0.3, 0.4) is 0 Å². The van der Waals surface area contributed by atoms with Crippen molar-refractivity contribution in [3.05, 3.63) is 0 Å². The van der Waals surface area contributed by atoms with E-state index in [1.165, 1.54) is 0 Å². The first-order valence-electron chi connectivity index (χ1n) is 3.43. The number of hydrogen-bond acceptors (Lipinski definition) is 2. The maximum absolute atomic E-state index is 12.7. The number of rotatable bonds is 1. The van der Waals surface area contributed by atoms with E-state index >= 15 is 0 Å². The van der Waals surface area contributed by atoms with E-state index in [4.69, 9.17) is 10.2 Å². The zero-order valence-electron chi connectivity index (χ0n) is 6.08. The van der Waals surface area contributed by atoms with Crippen molar-refractivity contribution in [2.45, 2.75) is 24.7 Å². The van der Waals surface area contributed by atoms with Crippen LogP contribution in [0.25, 0.3) is 0 Å². The molecular formula is C6H13ClFNO2. The summed E-state index contributed by atoms with van der Waals surface area (Å²) in [6, 6.07) is -0.354. The number of aliphatic hydroxyl groups excluding tert-OH is 2. The van der Waals surface area contributed by atoms with Gasteiger partial charge in [-0.3, -0.25) is 0 Å². The van der Waals surface area contributed by atoms with E-state index in [9.17, 15) is 4.39 Å². The molecule has 0 saturated heterocycles. The Morgan fingerprint density at radius 2 is 2.09 bits per heavy atom. The van der Waals surface area contributed by atoms with Crippen molar-refractivity contribution in [3.8, 4) is 0 Å². The number of halogens is 2. The molecule has 0 aromatic rings. The summed E-state index contributed by atoms with van der Waals surface area (Å²) in [6.45, 7) is -0.145. The standard InChI is InChI=1S/C6H12FNO2.ClH/c7-5-4(8)1-3(2-9)6(5)10;/h3-6,9-10H,1-2,8H2;1H/t3-,4-,5+,6-;/m1./s1. The Labute approximate surface area is 70.8 Å². The lowest BCUT2D eigenvalue weighted by Gasteiger charge is -2.10. The number of aliphatic hydroxyl groups is 2. The van der Waals surface area contributed by atoms with Crippen LogP contribution in [-0.4, -0.2) is 35.1 Å². The fourth-order valence-electron chi connectivity index (χ4n) is 1.38. The van der Waals surface area contributed by atoms with Gasteiger partial charge >= 0.3 is 0 Å². The first-order valence-corrected chi connectivity index (χ1v) is 3.43. The zero-order valence-corrected chi connectivity index (χ0v) is 6.84. The van der Waals surface area contributed by atoms with Crippen molar-refractivity contribution >= 4 is 0 Å². The maximum atomic E-state index is 12.7. The predicted molar refractivity (Wildman–Crippen MR) is 32.8 cm³/mol. The van der Waals surface area contributed by atoms with Gasteiger partial charge in [0.1, 0.15) is 6.04 Å². The molecule has 3 nitrogen and oxygen atoms in total. The molecule has 0 unspecified atom stereocenters. The molecule has 0 amide bonds. The van der Waals surface area contributed by atoms with Crippen LogP contribution in [0.15, 0.2) is 0 Å². The van der Waals surface area contributed by atoms with Crippen LogP contribution in [-0.2, 0) is 0 Å². The van der Waals surface area contributed by atoms with Crippen molar-refractivity contribution in [3.63, 3.8) is 0 Å². The highest BCUT2D eigenvalue weighted by Gasteiger charge is 2.42. The second-order valence-electron chi connectivity index (χ2n) is 2.87. The Morgan fingerprint density at radius 1 is 1.55 bits per heavy atom. The quantitative estimate of drug-likeness (QED) is 0.385. The minimum Gasteiger partial charge on any atom is -1.00 e. The summed E-state index contributed by atoms with van der Waals surface area (Å²) in [6.07, 6.45) is -1.77. The van der Waals surface area contributed by atoms with E-state index in [0.29, 0.717) is 6.42 Å². The second-order valence-corrected chi connectivity index (χ2v) is 2.87. The van der Waals surface area contributed by atoms with Crippen LogP contribution >= 0.6 is 0 Å². The minimum atomic E-state index is -1.25. The van der Waals surface area contributed by atoms with E-state index in [1.807, 2.05) is 0 Å². The van der Waals surface area contributed by atoms with E-state index < -0.39 is 12.3 Å². The third-order valence-corrected chi connectivity index (χ3v) is 2.10. The topological polar surface area (TPSA) is 68.1 Å². The highest BCUT2D eigenvalue weighted by Crippen LogP contribution is 2.25. The van der Waals surface area contributed by atoms with Crippen LogP contribution < -0.4 is 18.1 Å². The zero-order chi connectivity index (χ0) is 7.72. The predicted octanol–water partition coefficient (Wildman–Crippen LogP) is -4.69. The largest absolute Gasteiger partial charge is 1.00 e. The van der Waals surface area contributed by atoms with Crippen LogP contribution in [0, 0.1) is 5.92 Å². The molecule has 5 heteroatoms. The molecule has 11 heavy (non-hydrogen) atoms. The van der Waals surface area contributed by atoms with E-state index in [2.05, 4.69) is 5.73 Å². The first-order chi connectivity index (χ1) is 4.66. The Kier molecular flexibility index (Phi) is 4.25. The van der Waals surface area contributed by atoms with Crippen LogP contribution in [0.5, 0.6) is 0 Å². The van der Waals surface area contributed by atoms with Gasteiger partial charge in [0.25, 0.3) is 0 Å². The van der Waals surface area contributed by atoms with Crippen molar-refractivity contribution in [1.82, 2.24) is 0 Å². The molecule has 1 saturated carbocycles. The molecule has 1 aliphatic carbocycles. The minimum absolute atomic E-state index is 0. The van der Waals surface area contributed by atoms with Gasteiger partial charge < -0.3 is 28.4 Å². The normalized spacial score (nSPS) is 43.6. The lowest BCUT2D eigenvalue weighted by molar-refractivity contribution is -0.429. The van der Waals surface area contributed by atoms with Crippen molar-refractivity contribution < 1.29 is 32.7 Å². The molecule has 1 fully saturated rings. The van der Waals surface area contributed by atoms with E-state index in [1.54, 1.807) is 0 Å². The van der Waals surface area contributed by atoms with E-state index in [0.717, 1.165) is 0 Å². The lowest BCUT2D eigenvalue weighted by atomic mass is 10.1. The smallest absolute Gasteiger partial charge is 0.177 e. The SMILES string of the molecule is [Cl-].[NH3+][C@@H]1C[C@H](CO)[C@@H](O)[C@H]1F. The lowest BCUT2D eigenvalue weighted by Crippen LogP contribution is -3.00. The van der Waals surface area contributed by atoms with E-state index in [-0.39, 0.29) is 31.0 Å². The second kappa shape index (κ2) is 4.21. The average molecular weight is 186 g/mol. The monoisotopic (exact) mass is 185 g/mol. The third-order valence-electron chi connectivity index (χ3n) is 2.10. The summed E-state index contributed by atoms with van der Waals surface area (Å²) in [4.78, 5) is 0. The van der Waals surface area contributed by atoms with Crippen molar-refractivity contribution in [2.24, 2.45) is 5.92 Å². The molecule has 0 aromatic carbocycles. The molecule has 0 bridgehead atoms. The van der Waals surface area contributed by atoms with Gasteiger partial charge in [-0.25, -0.2) is 4.39 Å². The summed E-state index contributed by atoms with van der Waals surface area (Å²) in [5.41, 5.74) is 3.52. The van der Waals surface area contributed by atoms with Crippen LogP contribution in [0.4, 0.5) is 4.39 Å². The molecule has 1 rings (SSSR count). The number of alkyl halides is 1. The molecule has 0 spiro atoms. The summed E-state index contributed by atoms with van der Waals surface area (Å²) < 4.78 is 12.7. The Morgan fingerprint density at radius 3 is 2.27 bits per heavy atom. The number of hydrogen-bond donors (Lipinski definition) is 3. The molecule has 4 atom stereocenters. The molecule has 1 aliphatic rings. The van der Waals surface area contributed by atoms with Gasteiger partial charge in [-0.15, -0.1) is 0 Å². The summed E-state index contributed by atoms with van der Waals surface area (Å²) in [7, 11) is 0. The highest BCUT2D eigenvalue weighted by atomic mass is 35.5. The van der Waals surface area contributed by atoms with Gasteiger partial charge in [-0.05, 0) is 0 Å². The van der Waals surface area contributed by atoms with Crippen molar-refractivity contribution in [1.29, 1.82) is 0 Å². The molecule has 0 aliphatic heterocycles. The molecule has 0 heterocycles. The molecule has 5 N–H and O–H groups in total. The molecule has 68 valence electrons. The molecular weight excluding hydrogens is 173 g/mol. The fourth-order valence-corrected chi connectivity index (χ4v) is 1.38. The van der Waals surface area contributed by atoms with Crippen LogP contribution in [0.1, 0.15) is 6.42 Å². The number of quaternary nitrogens is 1. The summed E-state index contributed by atoms with van der Waals surface area (Å²) in [5, 5.41) is 17.7. The summed E-state index contributed by atoms with van der Waals surface area (Å²) >= 11 is 0. The average Bonchev–Trinajstić information content (AvgIpc) is 2.17. The van der Waals surface area contributed by atoms with Gasteiger partial charge in [-0.1, -0.05) is 0 Å². The fraction of sp³-hybridized carbons (Fsp3) is 1.00. The van der Waals surface area contributed by atoms with Gasteiger partial charge in [0, 0.05) is 18.9 Å². The van der Waals surface area contributed by atoms with Crippen LogP contribution in [0.2, 0.25) is 0 Å². The Hall–Kier alpha value is 0.1000. The van der Waals surface area contributed by atoms with Gasteiger partial charge in [0.2, 0.25) is 0 Å². The van der Waals surface area contributed by atoms with Gasteiger partial charge in [-0.2, -0.15) is 0 Å². The summed E-state index contributed by atoms with van der Waals surface area (Å²) in [5.74, 6) is -0.308. The highest BCUT2D eigenvalue weighted by molar-refractivity contribution is 4.90. The molecule has 0 radical (unpaired) electrons.